The van der Waals surface area contributed by atoms with Gasteiger partial charge in [0.15, 0.2) is 0 Å². The second-order valence-electron chi connectivity index (χ2n) is 4.09. The van der Waals surface area contributed by atoms with Gasteiger partial charge in [-0.15, -0.1) is 0 Å². The number of pyridine rings is 2. The zero-order chi connectivity index (χ0) is 11.1. The summed E-state index contributed by atoms with van der Waals surface area (Å²) in [7, 11) is 0. The lowest BCUT2D eigenvalue weighted by Gasteiger charge is -2.10. The Balaban J connectivity index is 2.69. The summed E-state index contributed by atoms with van der Waals surface area (Å²) in [6, 6.07) is 4.15. The number of aromatic nitrogens is 2. The number of hydrogen-bond donors (Lipinski definition) is 0. The van der Waals surface area contributed by atoms with Crippen LogP contribution in [0.2, 0.25) is 0 Å². The van der Waals surface area contributed by atoms with Gasteiger partial charge in [0.25, 0.3) is 0 Å². The van der Waals surface area contributed by atoms with Crippen molar-refractivity contribution in [3.8, 4) is 0 Å². The average molecular weight is 208 g/mol. The zero-order valence-corrected chi connectivity index (χ0v) is 9.36. The first-order valence-corrected chi connectivity index (χ1v) is 5.35. The van der Waals surface area contributed by atoms with Gasteiger partial charge in [-0.05, 0) is 47.9 Å². The van der Waals surface area contributed by atoms with E-state index in [1.807, 2.05) is 24.8 Å². The van der Waals surface area contributed by atoms with Crippen molar-refractivity contribution in [3.05, 3.63) is 48.0 Å². The van der Waals surface area contributed by atoms with E-state index < -0.39 is 0 Å². The van der Waals surface area contributed by atoms with E-state index in [1.54, 1.807) is 0 Å². The fourth-order valence-corrected chi connectivity index (χ4v) is 2.28. The molecule has 16 heavy (non-hydrogen) atoms. The second kappa shape index (κ2) is 3.27. The molecule has 1 aromatic carbocycles. The number of nitrogens with zero attached hydrogens (tertiary/aromatic N) is 2. The molecule has 2 heterocycles. The highest BCUT2D eigenvalue weighted by molar-refractivity contribution is 6.09. The summed E-state index contributed by atoms with van der Waals surface area (Å²) in [5.74, 6) is 0. The number of benzene rings is 1. The molecule has 2 heteroatoms. The van der Waals surface area contributed by atoms with Crippen LogP contribution in [0.1, 0.15) is 11.1 Å². The number of fused-ring (bicyclic) bond motifs is 3. The van der Waals surface area contributed by atoms with Crippen LogP contribution in [0.15, 0.2) is 36.9 Å². The minimum Gasteiger partial charge on any atom is -0.264 e. The van der Waals surface area contributed by atoms with Crippen molar-refractivity contribution in [2.75, 3.05) is 0 Å². The van der Waals surface area contributed by atoms with Crippen molar-refractivity contribution in [2.45, 2.75) is 13.8 Å². The normalized spacial score (nSPS) is 11.1. The van der Waals surface area contributed by atoms with Crippen molar-refractivity contribution >= 4 is 21.5 Å². The summed E-state index contributed by atoms with van der Waals surface area (Å²) in [5, 5.41) is 4.92. The van der Waals surface area contributed by atoms with Gasteiger partial charge in [0.1, 0.15) is 0 Å². The van der Waals surface area contributed by atoms with E-state index in [0.717, 1.165) is 0 Å². The van der Waals surface area contributed by atoms with E-state index in [1.165, 1.54) is 32.7 Å². The quantitative estimate of drug-likeness (QED) is 0.529. The fourth-order valence-electron chi connectivity index (χ4n) is 2.28. The Labute approximate surface area is 94.0 Å². The fraction of sp³-hybridized carbons (Fsp3) is 0.143. The maximum Gasteiger partial charge on any atom is 0.0353 e. The van der Waals surface area contributed by atoms with Crippen molar-refractivity contribution in [1.29, 1.82) is 0 Å². The second-order valence-corrected chi connectivity index (χ2v) is 4.09. The lowest BCUT2D eigenvalue weighted by atomic mass is 9.96. The Morgan fingerprint density at radius 1 is 0.688 bits per heavy atom. The third-order valence-corrected chi connectivity index (χ3v) is 3.30. The van der Waals surface area contributed by atoms with Gasteiger partial charge in [-0.1, -0.05) is 0 Å². The molecule has 0 aliphatic rings. The van der Waals surface area contributed by atoms with Gasteiger partial charge in [-0.25, -0.2) is 0 Å². The van der Waals surface area contributed by atoms with Gasteiger partial charge in [0, 0.05) is 35.6 Å². The summed E-state index contributed by atoms with van der Waals surface area (Å²) < 4.78 is 0. The molecule has 0 aliphatic carbocycles. The van der Waals surface area contributed by atoms with Crippen LogP contribution >= 0.6 is 0 Å². The molecule has 2 nitrogen and oxygen atoms in total. The van der Waals surface area contributed by atoms with Crippen molar-refractivity contribution in [3.63, 3.8) is 0 Å². The Morgan fingerprint density at radius 2 is 1.12 bits per heavy atom. The molecule has 0 N–H and O–H groups in total. The van der Waals surface area contributed by atoms with Crippen molar-refractivity contribution in [1.82, 2.24) is 9.97 Å². The first-order valence-electron chi connectivity index (χ1n) is 5.35. The first kappa shape index (κ1) is 9.28. The van der Waals surface area contributed by atoms with E-state index in [-0.39, 0.29) is 0 Å². The Bertz CT molecular complexity index is 626. The van der Waals surface area contributed by atoms with Crippen LogP contribution in [0, 0.1) is 13.8 Å². The SMILES string of the molecule is Cc1c(C)c2ccncc2c2cnccc12. The molecular formula is C14H12N2. The van der Waals surface area contributed by atoms with Gasteiger partial charge in [0.05, 0.1) is 0 Å². The summed E-state index contributed by atoms with van der Waals surface area (Å²) in [6.07, 6.45) is 7.53. The van der Waals surface area contributed by atoms with Crippen LogP contribution in [0.25, 0.3) is 21.5 Å². The molecule has 0 spiro atoms. The Hall–Kier alpha value is -1.96. The highest BCUT2D eigenvalue weighted by Crippen LogP contribution is 2.30. The maximum absolute atomic E-state index is 4.21. The van der Waals surface area contributed by atoms with Crippen LogP contribution < -0.4 is 0 Å². The largest absolute Gasteiger partial charge is 0.264 e. The highest BCUT2D eigenvalue weighted by atomic mass is 14.6. The predicted octanol–water partition coefficient (Wildman–Crippen LogP) is 3.40. The molecule has 0 amide bonds. The molecule has 0 saturated heterocycles. The van der Waals surface area contributed by atoms with Gasteiger partial charge < -0.3 is 0 Å². The van der Waals surface area contributed by atoms with E-state index in [4.69, 9.17) is 0 Å². The minimum absolute atomic E-state index is 1.19. The van der Waals surface area contributed by atoms with E-state index in [2.05, 4.69) is 35.9 Å². The molecule has 78 valence electrons. The molecule has 0 aliphatic heterocycles. The van der Waals surface area contributed by atoms with E-state index >= 15 is 0 Å². The Morgan fingerprint density at radius 3 is 1.56 bits per heavy atom. The van der Waals surface area contributed by atoms with Crippen LogP contribution in [-0.4, -0.2) is 9.97 Å². The van der Waals surface area contributed by atoms with Crippen LogP contribution in [0.5, 0.6) is 0 Å². The molecule has 3 aromatic rings. The van der Waals surface area contributed by atoms with Gasteiger partial charge >= 0.3 is 0 Å². The molecule has 0 unspecified atom stereocenters. The summed E-state index contributed by atoms with van der Waals surface area (Å²) in [4.78, 5) is 8.41. The third-order valence-electron chi connectivity index (χ3n) is 3.30. The summed E-state index contributed by atoms with van der Waals surface area (Å²) in [5.41, 5.74) is 2.66. The van der Waals surface area contributed by atoms with Crippen LogP contribution in [-0.2, 0) is 0 Å². The Kier molecular flexibility index (Phi) is 1.90. The standard InChI is InChI=1S/C14H12N2/c1-9-10(2)12-4-6-16-8-14(12)13-7-15-5-3-11(9)13/h3-8H,1-2H3. The molecule has 0 radical (unpaired) electrons. The zero-order valence-electron chi connectivity index (χ0n) is 9.36. The minimum atomic E-state index is 1.19. The average Bonchev–Trinajstić information content (AvgIpc) is 2.36. The smallest absolute Gasteiger partial charge is 0.0353 e. The van der Waals surface area contributed by atoms with E-state index in [9.17, 15) is 0 Å². The van der Waals surface area contributed by atoms with E-state index in [0.29, 0.717) is 0 Å². The molecule has 2 aromatic heterocycles. The lowest BCUT2D eigenvalue weighted by Crippen LogP contribution is -1.89. The maximum atomic E-state index is 4.21. The highest BCUT2D eigenvalue weighted by Gasteiger charge is 2.07. The molecular weight excluding hydrogens is 196 g/mol. The molecule has 0 saturated carbocycles. The van der Waals surface area contributed by atoms with Crippen LogP contribution in [0.3, 0.4) is 0 Å². The summed E-state index contributed by atoms with van der Waals surface area (Å²) >= 11 is 0. The van der Waals surface area contributed by atoms with Gasteiger partial charge in [0.2, 0.25) is 0 Å². The number of aryl methyl sites for hydroxylation is 2. The monoisotopic (exact) mass is 208 g/mol. The molecule has 0 atom stereocenters. The van der Waals surface area contributed by atoms with Crippen molar-refractivity contribution < 1.29 is 0 Å². The van der Waals surface area contributed by atoms with Gasteiger partial charge in [-0.2, -0.15) is 0 Å². The third kappa shape index (κ3) is 1.13. The number of hydrogen-bond acceptors (Lipinski definition) is 2. The summed E-state index contributed by atoms with van der Waals surface area (Å²) in [6.45, 7) is 4.33. The molecule has 3 rings (SSSR count). The molecule has 0 fully saturated rings. The first-order chi connectivity index (χ1) is 7.79. The van der Waals surface area contributed by atoms with Crippen molar-refractivity contribution in [2.24, 2.45) is 0 Å². The molecule has 0 bridgehead atoms. The lowest BCUT2D eigenvalue weighted by molar-refractivity contribution is 1.32. The topological polar surface area (TPSA) is 25.8 Å². The predicted molar refractivity (Wildman–Crippen MR) is 66.5 cm³/mol. The number of rotatable bonds is 0. The van der Waals surface area contributed by atoms with Crippen LogP contribution in [0.4, 0.5) is 0 Å². The van der Waals surface area contributed by atoms with Gasteiger partial charge in [-0.3, -0.25) is 9.97 Å².